The van der Waals surface area contributed by atoms with Gasteiger partial charge in [-0.15, -0.1) is 0 Å². The first-order valence-electron chi connectivity index (χ1n) is 5.14. The van der Waals surface area contributed by atoms with Crippen LogP contribution in [0.25, 0.3) is 0 Å². The third-order valence-corrected chi connectivity index (χ3v) is 3.31. The second-order valence-electron chi connectivity index (χ2n) is 4.05. The molecule has 2 aromatic heterocycles. The zero-order valence-corrected chi connectivity index (χ0v) is 10.5. The molecule has 0 amide bonds. The first-order chi connectivity index (χ1) is 7.56. The summed E-state index contributed by atoms with van der Waals surface area (Å²) in [5.41, 5.74) is 2.87. The van der Waals surface area contributed by atoms with Gasteiger partial charge in [0.1, 0.15) is 0 Å². The SMILES string of the molecule is Cc1cc(C(=O)Cc2cc(C)ns2)n(C)c1. The molecule has 0 spiro atoms. The van der Waals surface area contributed by atoms with E-state index in [-0.39, 0.29) is 5.78 Å². The molecule has 0 aliphatic rings. The predicted molar refractivity (Wildman–Crippen MR) is 65.0 cm³/mol. The van der Waals surface area contributed by atoms with Gasteiger partial charge in [0.05, 0.1) is 11.4 Å². The Morgan fingerprint density at radius 3 is 2.69 bits per heavy atom. The van der Waals surface area contributed by atoms with Gasteiger partial charge in [-0.3, -0.25) is 4.79 Å². The number of ketones is 1. The summed E-state index contributed by atoms with van der Waals surface area (Å²) in [5.74, 6) is 0.152. The zero-order chi connectivity index (χ0) is 11.7. The predicted octanol–water partition coefficient (Wildman–Crippen LogP) is 2.52. The Bertz CT molecular complexity index is 525. The van der Waals surface area contributed by atoms with Gasteiger partial charge in [-0.25, -0.2) is 0 Å². The zero-order valence-electron chi connectivity index (χ0n) is 9.65. The standard InChI is InChI=1S/C12H14N2OS/c1-8-4-11(14(3)7-8)12(15)6-10-5-9(2)13-16-10/h4-5,7H,6H2,1-3H3. The molecule has 0 aromatic carbocycles. The minimum absolute atomic E-state index is 0.152. The summed E-state index contributed by atoms with van der Waals surface area (Å²) in [7, 11) is 1.90. The molecule has 0 radical (unpaired) electrons. The van der Waals surface area contributed by atoms with Gasteiger partial charge in [0.25, 0.3) is 0 Å². The number of rotatable bonds is 3. The van der Waals surface area contributed by atoms with Gasteiger partial charge in [0.2, 0.25) is 0 Å². The largest absolute Gasteiger partial charge is 0.348 e. The average molecular weight is 234 g/mol. The van der Waals surface area contributed by atoms with Crippen molar-refractivity contribution in [2.45, 2.75) is 20.3 Å². The van der Waals surface area contributed by atoms with E-state index in [1.54, 1.807) is 0 Å². The molecule has 0 saturated heterocycles. The minimum atomic E-state index is 0.152. The summed E-state index contributed by atoms with van der Waals surface area (Å²) in [6.07, 6.45) is 2.41. The Balaban J connectivity index is 2.17. The molecular weight excluding hydrogens is 220 g/mol. The molecule has 4 heteroatoms. The lowest BCUT2D eigenvalue weighted by Crippen LogP contribution is -2.07. The monoisotopic (exact) mass is 234 g/mol. The van der Waals surface area contributed by atoms with Crippen molar-refractivity contribution in [3.05, 3.63) is 40.2 Å². The van der Waals surface area contributed by atoms with Crippen LogP contribution < -0.4 is 0 Å². The molecule has 16 heavy (non-hydrogen) atoms. The number of aryl methyl sites for hydroxylation is 3. The van der Waals surface area contributed by atoms with Crippen LogP contribution in [0.3, 0.4) is 0 Å². The number of hydrogen-bond donors (Lipinski definition) is 0. The van der Waals surface area contributed by atoms with Gasteiger partial charge in [-0.05, 0) is 43.1 Å². The molecule has 0 fully saturated rings. The van der Waals surface area contributed by atoms with Crippen LogP contribution in [0.15, 0.2) is 18.3 Å². The van der Waals surface area contributed by atoms with E-state index in [9.17, 15) is 4.79 Å². The van der Waals surface area contributed by atoms with Gasteiger partial charge >= 0.3 is 0 Å². The van der Waals surface area contributed by atoms with E-state index in [0.717, 1.165) is 21.8 Å². The van der Waals surface area contributed by atoms with Crippen LogP contribution in [0.2, 0.25) is 0 Å². The number of nitrogens with zero attached hydrogens (tertiary/aromatic N) is 2. The molecule has 0 bridgehead atoms. The van der Waals surface area contributed by atoms with E-state index in [4.69, 9.17) is 0 Å². The van der Waals surface area contributed by atoms with Crippen molar-refractivity contribution in [3.63, 3.8) is 0 Å². The number of aromatic nitrogens is 2. The second kappa shape index (κ2) is 4.22. The quantitative estimate of drug-likeness (QED) is 0.765. The third-order valence-electron chi connectivity index (χ3n) is 2.44. The molecule has 0 atom stereocenters. The Hall–Kier alpha value is -1.42. The van der Waals surface area contributed by atoms with Gasteiger partial charge in [0.15, 0.2) is 5.78 Å². The Morgan fingerprint density at radius 1 is 1.44 bits per heavy atom. The molecular formula is C12H14N2OS. The summed E-state index contributed by atoms with van der Waals surface area (Å²) in [5, 5.41) is 0. The summed E-state index contributed by atoms with van der Waals surface area (Å²) >= 11 is 1.41. The number of Topliss-reactive ketones (excluding diaryl/α,β-unsaturated/α-hetero) is 1. The number of carbonyl (C=O) groups is 1. The fraction of sp³-hybridized carbons (Fsp3) is 0.333. The smallest absolute Gasteiger partial charge is 0.184 e. The maximum atomic E-state index is 12.0. The highest BCUT2D eigenvalue weighted by molar-refractivity contribution is 7.05. The van der Waals surface area contributed by atoms with Crippen molar-refractivity contribution in [1.82, 2.24) is 8.94 Å². The highest BCUT2D eigenvalue weighted by atomic mass is 32.1. The molecule has 3 nitrogen and oxygen atoms in total. The fourth-order valence-corrected chi connectivity index (χ4v) is 2.49. The van der Waals surface area contributed by atoms with E-state index in [1.807, 2.05) is 43.8 Å². The topological polar surface area (TPSA) is 34.9 Å². The van der Waals surface area contributed by atoms with Crippen molar-refractivity contribution < 1.29 is 4.79 Å². The van der Waals surface area contributed by atoms with Crippen LogP contribution in [-0.2, 0) is 13.5 Å². The lowest BCUT2D eigenvalue weighted by molar-refractivity contribution is 0.0986. The Labute approximate surface area is 98.9 Å². The molecule has 0 saturated carbocycles. The van der Waals surface area contributed by atoms with Crippen molar-refractivity contribution in [1.29, 1.82) is 0 Å². The molecule has 0 aliphatic heterocycles. The lowest BCUT2D eigenvalue weighted by Gasteiger charge is -1.99. The Morgan fingerprint density at radius 2 is 2.19 bits per heavy atom. The molecule has 0 N–H and O–H groups in total. The minimum Gasteiger partial charge on any atom is -0.348 e. The Kier molecular flexibility index (Phi) is 2.92. The molecule has 2 heterocycles. The van der Waals surface area contributed by atoms with Crippen LogP contribution in [0, 0.1) is 13.8 Å². The summed E-state index contributed by atoms with van der Waals surface area (Å²) in [6.45, 7) is 3.94. The van der Waals surface area contributed by atoms with Gasteiger partial charge < -0.3 is 4.57 Å². The average Bonchev–Trinajstić information content (AvgIpc) is 2.73. The second-order valence-corrected chi connectivity index (χ2v) is 4.94. The number of carbonyl (C=O) groups excluding carboxylic acids is 1. The van der Waals surface area contributed by atoms with E-state index < -0.39 is 0 Å². The molecule has 2 aromatic rings. The van der Waals surface area contributed by atoms with Crippen molar-refractivity contribution in [2.75, 3.05) is 0 Å². The molecule has 84 valence electrons. The summed E-state index contributed by atoms with van der Waals surface area (Å²) in [4.78, 5) is 13.0. The van der Waals surface area contributed by atoms with Gasteiger partial charge in [-0.2, -0.15) is 4.37 Å². The number of hydrogen-bond acceptors (Lipinski definition) is 3. The molecule has 2 rings (SSSR count). The normalized spacial score (nSPS) is 10.7. The van der Waals surface area contributed by atoms with Crippen LogP contribution in [0.5, 0.6) is 0 Å². The van der Waals surface area contributed by atoms with E-state index >= 15 is 0 Å². The maximum absolute atomic E-state index is 12.0. The van der Waals surface area contributed by atoms with Crippen molar-refractivity contribution in [3.8, 4) is 0 Å². The third kappa shape index (κ3) is 2.22. The van der Waals surface area contributed by atoms with E-state index in [0.29, 0.717) is 6.42 Å². The van der Waals surface area contributed by atoms with E-state index in [1.165, 1.54) is 11.5 Å². The van der Waals surface area contributed by atoms with Crippen LogP contribution in [-0.4, -0.2) is 14.7 Å². The van der Waals surface area contributed by atoms with Crippen LogP contribution in [0.1, 0.15) is 26.6 Å². The summed E-state index contributed by atoms with van der Waals surface area (Å²) in [6, 6.07) is 3.90. The lowest BCUT2D eigenvalue weighted by atomic mass is 10.2. The highest BCUT2D eigenvalue weighted by Crippen LogP contribution is 2.14. The van der Waals surface area contributed by atoms with Crippen molar-refractivity contribution in [2.24, 2.45) is 7.05 Å². The van der Waals surface area contributed by atoms with Gasteiger partial charge in [0, 0.05) is 24.5 Å². The first kappa shape index (κ1) is 11.1. The summed E-state index contributed by atoms with van der Waals surface area (Å²) < 4.78 is 6.05. The van der Waals surface area contributed by atoms with Crippen LogP contribution in [0.4, 0.5) is 0 Å². The van der Waals surface area contributed by atoms with E-state index in [2.05, 4.69) is 4.37 Å². The first-order valence-corrected chi connectivity index (χ1v) is 5.92. The van der Waals surface area contributed by atoms with Gasteiger partial charge in [-0.1, -0.05) is 0 Å². The van der Waals surface area contributed by atoms with Crippen LogP contribution >= 0.6 is 11.5 Å². The van der Waals surface area contributed by atoms with Crippen molar-refractivity contribution >= 4 is 17.3 Å². The molecule has 0 unspecified atom stereocenters. The maximum Gasteiger partial charge on any atom is 0.184 e. The molecule has 0 aliphatic carbocycles. The highest BCUT2D eigenvalue weighted by Gasteiger charge is 2.12. The fourth-order valence-electron chi connectivity index (χ4n) is 1.76.